The largest absolute Gasteiger partial charge is 0.451 e. The van der Waals surface area contributed by atoms with Crippen LogP contribution in [0, 0.1) is 0 Å². The van der Waals surface area contributed by atoms with E-state index in [2.05, 4.69) is 20.4 Å². The average Bonchev–Trinajstić information content (AvgIpc) is 2.80. The van der Waals surface area contributed by atoms with Crippen LogP contribution in [-0.2, 0) is 6.18 Å². The zero-order valence-electron chi connectivity index (χ0n) is 8.60. The summed E-state index contributed by atoms with van der Waals surface area (Å²) in [5, 5.41) is 1.84. The molecular weight excluding hydrogens is 287 g/mol. The lowest BCUT2D eigenvalue weighted by Gasteiger charge is -2.08. The molecule has 0 bridgehead atoms. The van der Waals surface area contributed by atoms with Gasteiger partial charge in [0.15, 0.2) is 4.34 Å². The minimum atomic E-state index is -4.62. The Balaban J connectivity index is 2.35. The van der Waals surface area contributed by atoms with E-state index in [1.807, 2.05) is 0 Å². The highest BCUT2D eigenvalue weighted by molar-refractivity contribution is 8.01. The molecule has 2 aromatic rings. The number of thiazole rings is 1. The molecule has 0 aliphatic rings. The van der Waals surface area contributed by atoms with E-state index in [4.69, 9.17) is 5.84 Å². The van der Waals surface area contributed by atoms with Gasteiger partial charge in [-0.3, -0.25) is 0 Å². The Bertz CT molecular complexity index is 528. The first kappa shape index (κ1) is 13.1. The lowest BCUT2D eigenvalue weighted by Crippen LogP contribution is -2.16. The predicted molar refractivity (Wildman–Crippen MR) is 61.1 cm³/mol. The minimum absolute atomic E-state index is 0.101. The second-order valence-corrected chi connectivity index (χ2v) is 5.12. The second-order valence-electron chi connectivity index (χ2n) is 2.96. The number of aromatic nitrogens is 3. The monoisotopic (exact) mass is 293 g/mol. The van der Waals surface area contributed by atoms with Crippen LogP contribution in [0.3, 0.4) is 0 Å². The van der Waals surface area contributed by atoms with Crippen molar-refractivity contribution < 1.29 is 13.2 Å². The molecule has 96 valence electrons. The number of nitrogens with zero attached hydrogens (tertiary/aromatic N) is 3. The summed E-state index contributed by atoms with van der Waals surface area (Å²) in [4.78, 5) is 10.6. The smallest absolute Gasteiger partial charge is 0.308 e. The number of hydrogen-bond donors (Lipinski definition) is 2. The van der Waals surface area contributed by atoms with Crippen molar-refractivity contribution in [3.8, 4) is 0 Å². The first-order valence-corrected chi connectivity index (χ1v) is 6.19. The van der Waals surface area contributed by atoms with Crippen molar-refractivity contribution in [1.82, 2.24) is 15.0 Å². The molecule has 0 saturated heterocycles. The van der Waals surface area contributed by atoms with Crippen molar-refractivity contribution >= 4 is 28.9 Å². The molecule has 3 N–H and O–H groups in total. The summed E-state index contributed by atoms with van der Waals surface area (Å²) in [6, 6.07) is 1.32. The molecule has 0 unspecified atom stereocenters. The normalized spacial score (nSPS) is 11.6. The molecule has 0 amide bonds. The van der Waals surface area contributed by atoms with Crippen molar-refractivity contribution in [3.63, 3.8) is 0 Å². The number of hydrogen-bond acceptors (Lipinski definition) is 7. The van der Waals surface area contributed by atoms with Crippen LogP contribution >= 0.6 is 23.1 Å². The molecule has 0 aliphatic heterocycles. The van der Waals surface area contributed by atoms with Gasteiger partial charge in [0.2, 0.25) is 5.82 Å². The minimum Gasteiger partial charge on any atom is -0.308 e. The van der Waals surface area contributed by atoms with Crippen molar-refractivity contribution in [2.24, 2.45) is 5.84 Å². The zero-order chi connectivity index (χ0) is 13.2. The zero-order valence-corrected chi connectivity index (χ0v) is 10.2. The molecule has 18 heavy (non-hydrogen) atoms. The van der Waals surface area contributed by atoms with Gasteiger partial charge in [0.05, 0.1) is 0 Å². The number of halogens is 3. The van der Waals surface area contributed by atoms with Crippen LogP contribution in [0.1, 0.15) is 5.82 Å². The number of nitrogen functional groups attached to an aromatic ring is 1. The third-order valence-electron chi connectivity index (χ3n) is 1.71. The summed E-state index contributed by atoms with van der Waals surface area (Å²) in [5.74, 6) is 3.73. The van der Waals surface area contributed by atoms with Crippen LogP contribution in [0.15, 0.2) is 27.0 Å². The Hall–Kier alpha value is -1.39. The van der Waals surface area contributed by atoms with Crippen LogP contribution < -0.4 is 11.3 Å². The van der Waals surface area contributed by atoms with Gasteiger partial charge in [-0.25, -0.2) is 20.8 Å². The molecule has 2 rings (SSSR count). The topological polar surface area (TPSA) is 76.7 Å². The van der Waals surface area contributed by atoms with Gasteiger partial charge in [-0.2, -0.15) is 13.2 Å². The number of anilines is 1. The molecule has 0 fully saturated rings. The van der Waals surface area contributed by atoms with E-state index in [1.54, 1.807) is 11.6 Å². The summed E-state index contributed by atoms with van der Waals surface area (Å²) in [7, 11) is 0. The Morgan fingerprint density at radius 1 is 1.33 bits per heavy atom. The van der Waals surface area contributed by atoms with E-state index in [-0.39, 0.29) is 10.8 Å². The Morgan fingerprint density at radius 2 is 2.11 bits per heavy atom. The van der Waals surface area contributed by atoms with Gasteiger partial charge < -0.3 is 5.43 Å². The third-order valence-corrected chi connectivity index (χ3v) is 3.51. The van der Waals surface area contributed by atoms with Gasteiger partial charge in [-0.15, -0.1) is 11.3 Å². The molecule has 10 heteroatoms. The standard InChI is InChI=1S/C8H6F3N5S2/c9-8(10,11)6-14-4(16-12)3-5(15-6)18-7-13-1-2-17-7/h1-3H,12H2,(H,14,15,16). The van der Waals surface area contributed by atoms with Crippen molar-refractivity contribution in [3.05, 3.63) is 23.5 Å². The number of nitrogens with one attached hydrogen (secondary N) is 1. The van der Waals surface area contributed by atoms with Gasteiger partial charge in [0.25, 0.3) is 0 Å². The van der Waals surface area contributed by atoms with Crippen LogP contribution in [0.4, 0.5) is 19.0 Å². The maximum atomic E-state index is 12.5. The van der Waals surface area contributed by atoms with Crippen LogP contribution in [0.2, 0.25) is 0 Å². The highest BCUT2D eigenvalue weighted by Crippen LogP contribution is 2.32. The summed E-state index contributed by atoms with van der Waals surface area (Å²) >= 11 is 2.32. The molecule has 0 aromatic carbocycles. The maximum absolute atomic E-state index is 12.5. The third kappa shape index (κ3) is 3.09. The molecule has 0 radical (unpaired) electrons. The SMILES string of the molecule is NNc1cc(Sc2nccs2)nc(C(F)(F)F)n1. The second kappa shape index (κ2) is 5.08. The predicted octanol–water partition coefficient (Wildman–Crippen LogP) is 2.39. The van der Waals surface area contributed by atoms with Crippen molar-refractivity contribution in [2.45, 2.75) is 15.5 Å². The first-order valence-electron chi connectivity index (χ1n) is 4.49. The molecule has 0 saturated carbocycles. The molecule has 2 heterocycles. The fourth-order valence-electron chi connectivity index (χ4n) is 1.03. The van der Waals surface area contributed by atoms with Crippen molar-refractivity contribution in [2.75, 3.05) is 5.43 Å². The van der Waals surface area contributed by atoms with Crippen LogP contribution in [0.5, 0.6) is 0 Å². The number of hydrazine groups is 1. The van der Waals surface area contributed by atoms with E-state index >= 15 is 0 Å². The van der Waals surface area contributed by atoms with E-state index < -0.39 is 12.0 Å². The summed E-state index contributed by atoms with van der Waals surface area (Å²) < 4.78 is 38.2. The molecule has 5 nitrogen and oxygen atoms in total. The average molecular weight is 293 g/mol. The van der Waals surface area contributed by atoms with E-state index in [0.717, 1.165) is 11.8 Å². The lowest BCUT2D eigenvalue weighted by atomic mass is 10.5. The van der Waals surface area contributed by atoms with Crippen molar-refractivity contribution in [1.29, 1.82) is 0 Å². The Kier molecular flexibility index (Phi) is 3.68. The number of rotatable bonds is 3. The van der Waals surface area contributed by atoms with E-state index in [9.17, 15) is 13.2 Å². The molecular formula is C8H6F3N5S2. The molecule has 2 aromatic heterocycles. The highest BCUT2D eigenvalue weighted by Gasteiger charge is 2.35. The van der Waals surface area contributed by atoms with Gasteiger partial charge in [-0.1, -0.05) is 0 Å². The Morgan fingerprint density at radius 3 is 2.67 bits per heavy atom. The summed E-state index contributed by atoms with van der Waals surface area (Å²) in [6.07, 6.45) is -3.06. The fourth-order valence-corrected chi connectivity index (χ4v) is 2.60. The number of nitrogens with two attached hydrogens (primary N) is 1. The quantitative estimate of drug-likeness (QED) is 0.514. The maximum Gasteiger partial charge on any atom is 0.451 e. The highest BCUT2D eigenvalue weighted by atomic mass is 32.2. The van der Waals surface area contributed by atoms with Gasteiger partial charge in [0, 0.05) is 17.6 Å². The van der Waals surface area contributed by atoms with Gasteiger partial charge in [0.1, 0.15) is 10.8 Å². The van der Waals surface area contributed by atoms with E-state index in [1.165, 1.54) is 17.4 Å². The molecule has 0 atom stereocenters. The Labute approximate surface area is 108 Å². The fraction of sp³-hybridized carbons (Fsp3) is 0.125. The summed E-state index contributed by atoms with van der Waals surface area (Å²) in [6.45, 7) is 0. The van der Waals surface area contributed by atoms with Gasteiger partial charge in [-0.05, 0) is 11.8 Å². The molecule has 0 spiro atoms. The number of alkyl halides is 3. The van der Waals surface area contributed by atoms with Gasteiger partial charge >= 0.3 is 6.18 Å². The van der Waals surface area contributed by atoms with Crippen LogP contribution in [-0.4, -0.2) is 15.0 Å². The summed E-state index contributed by atoms with van der Waals surface area (Å²) in [5.41, 5.74) is 2.08. The lowest BCUT2D eigenvalue weighted by molar-refractivity contribution is -0.145. The first-order chi connectivity index (χ1) is 8.49. The molecule has 0 aliphatic carbocycles. The van der Waals surface area contributed by atoms with E-state index in [0.29, 0.717) is 4.34 Å². The van der Waals surface area contributed by atoms with Crippen LogP contribution in [0.25, 0.3) is 0 Å².